The van der Waals surface area contributed by atoms with E-state index in [0.29, 0.717) is 5.82 Å². The molecule has 0 aliphatic heterocycles. The van der Waals surface area contributed by atoms with Crippen LogP contribution in [-0.4, -0.2) is 42.6 Å². The number of carbonyl (C=O) groups excluding carboxylic acids is 2. The molecule has 0 saturated heterocycles. The van der Waals surface area contributed by atoms with Gasteiger partial charge in [-0.05, 0) is 12.5 Å². The molecule has 8 nitrogen and oxygen atoms in total. The molecule has 2 rings (SSSR count). The normalized spacial score (nSPS) is 10.1. The number of benzene rings is 1. The van der Waals surface area contributed by atoms with Crippen molar-refractivity contribution in [1.82, 2.24) is 20.6 Å². The zero-order valence-corrected chi connectivity index (χ0v) is 15.2. The number of anilines is 1. The van der Waals surface area contributed by atoms with Crippen molar-refractivity contribution in [1.29, 1.82) is 0 Å². The van der Waals surface area contributed by atoms with Gasteiger partial charge in [-0.1, -0.05) is 30.3 Å². The minimum atomic E-state index is -0.647. The monoisotopic (exact) mass is 357 g/mol. The summed E-state index contributed by atoms with van der Waals surface area (Å²) < 4.78 is 5.04. The second kappa shape index (κ2) is 9.36. The summed E-state index contributed by atoms with van der Waals surface area (Å²) in [5.41, 5.74) is 1.69. The number of aryl methyl sites for hydroxylation is 1. The average molecular weight is 357 g/mol. The van der Waals surface area contributed by atoms with Gasteiger partial charge in [-0.25, -0.2) is 14.8 Å². The number of nitrogens with zero attached hydrogens (tertiary/aromatic N) is 3. The summed E-state index contributed by atoms with van der Waals surface area (Å²) in [7, 11) is 3.77. The van der Waals surface area contributed by atoms with Crippen molar-refractivity contribution in [2.24, 2.45) is 0 Å². The summed E-state index contributed by atoms with van der Waals surface area (Å²) >= 11 is 0. The second-order valence-electron chi connectivity index (χ2n) is 5.87. The van der Waals surface area contributed by atoms with Crippen LogP contribution in [0.1, 0.15) is 17.1 Å². The molecule has 1 aromatic carbocycles. The fourth-order valence-corrected chi connectivity index (χ4v) is 2.09. The number of hydrogen-bond acceptors (Lipinski definition) is 6. The second-order valence-corrected chi connectivity index (χ2v) is 5.87. The lowest BCUT2D eigenvalue weighted by Crippen LogP contribution is -2.37. The first-order valence-corrected chi connectivity index (χ1v) is 8.17. The topological polar surface area (TPSA) is 96.5 Å². The van der Waals surface area contributed by atoms with Gasteiger partial charge in [0.15, 0.2) is 0 Å². The molecule has 138 valence electrons. The number of nitrogens with one attached hydrogen (secondary N) is 2. The van der Waals surface area contributed by atoms with Gasteiger partial charge in [0.25, 0.3) is 0 Å². The number of ether oxygens (including phenoxy) is 1. The molecule has 2 aromatic rings. The van der Waals surface area contributed by atoms with Crippen molar-refractivity contribution in [2.45, 2.75) is 20.1 Å². The molecule has 0 unspecified atom stereocenters. The maximum Gasteiger partial charge on any atom is 0.407 e. The van der Waals surface area contributed by atoms with Crippen LogP contribution in [0.3, 0.4) is 0 Å². The van der Waals surface area contributed by atoms with Crippen LogP contribution in [0.4, 0.5) is 10.6 Å². The van der Waals surface area contributed by atoms with Gasteiger partial charge in [0, 0.05) is 25.9 Å². The van der Waals surface area contributed by atoms with Gasteiger partial charge in [-0.2, -0.15) is 0 Å². The fourth-order valence-electron chi connectivity index (χ4n) is 2.09. The number of carbonyl (C=O) groups is 2. The zero-order valence-electron chi connectivity index (χ0n) is 15.2. The lowest BCUT2D eigenvalue weighted by atomic mass is 10.2. The lowest BCUT2D eigenvalue weighted by Gasteiger charge is -2.13. The summed E-state index contributed by atoms with van der Waals surface area (Å²) in [4.78, 5) is 34.0. The van der Waals surface area contributed by atoms with Gasteiger partial charge in [-0.15, -0.1) is 0 Å². The largest absolute Gasteiger partial charge is 0.445 e. The Morgan fingerprint density at radius 2 is 1.85 bits per heavy atom. The predicted octanol–water partition coefficient (Wildman–Crippen LogP) is 1.39. The highest BCUT2D eigenvalue weighted by Gasteiger charge is 2.09. The fraction of sp³-hybridized carbons (Fsp3) is 0.333. The third-order valence-corrected chi connectivity index (χ3v) is 3.39. The predicted molar refractivity (Wildman–Crippen MR) is 97.6 cm³/mol. The SMILES string of the molecule is Cc1cc(N(C)C)nc(CNC(=O)CNC(=O)OCc2ccccc2)n1. The standard InChI is InChI=1S/C18H23N5O3/c1-13-9-16(23(2)3)22-15(21-13)10-19-17(24)11-20-18(25)26-12-14-7-5-4-6-8-14/h4-9H,10-12H2,1-3H3,(H,19,24)(H,20,25). The number of amides is 2. The molecule has 0 fully saturated rings. The third-order valence-electron chi connectivity index (χ3n) is 3.39. The van der Waals surface area contributed by atoms with Crippen LogP contribution in [0.25, 0.3) is 0 Å². The van der Waals surface area contributed by atoms with E-state index in [-0.39, 0.29) is 25.6 Å². The van der Waals surface area contributed by atoms with Crippen LogP contribution in [0.2, 0.25) is 0 Å². The van der Waals surface area contributed by atoms with Crippen LogP contribution >= 0.6 is 0 Å². The molecule has 8 heteroatoms. The summed E-state index contributed by atoms with van der Waals surface area (Å²) in [6.07, 6.45) is -0.647. The molecular formula is C18H23N5O3. The summed E-state index contributed by atoms with van der Waals surface area (Å²) in [5.74, 6) is 0.927. The Morgan fingerprint density at radius 1 is 1.12 bits per heavy atom. The summed E-state index contributed by atoms with van der Waals surface area (Å²) in [5, 5.41) is 5.08. The molecule has 0 saturated carbocycles. The van der Waals surface area contributed by atoms with E-state index in [1.165, 1.54) is 0 Å². The van der Waals surface area contributed by atoms with Gasteiger partial charge in [0.05, 0.1) is 6.54 Å². The molecule has 2 amide bonds. The van der Waals surface area contributed by atoms with Crippen molar-refractivity contribution in [2.75, 3.05) is 25.5 Å². The maximum atomic E-state index is 11.9. The van der Waals surface area contributed by atoms with Gasteiger partial charge in [0.1, 0.15) is 24.8 Å². The molecule has 0 spiro atoms. The van der Waals surface area contributed by atoms with Gasteiger partial charge in [-0.3, -0.25) is 4.79 Å². The van der Waals surface area contributed by atoms with E-state index in [2.05, 4.69) is 20.6 Å². The van der Waals surface area contributed by atoms with Crippen molar-refractivity contribution < 1.29 is 14.3 Å². The van der Waals surface area contributed by atoms with E-state index in [9.17, 15) is 9.59 Å². The average Bonchev–Trinajstić information content (AvgIpc) is 2.63. The van der Waals surface area contributed by atoms with Crippen LogP contribution in [0, 0.1) is 6.92 Å². The molecule has 0 aliphatic carbocycles. The van der Waals surface area contributed by atoms with E-state index < -0.39 is 6.09 Å². The number of aromatic nitrogens is 2. The molecule has 0 atom stereocenters. The molecule has 2 N–H and O–H groups in total. The maximum absolute atomic E-state index is 11.9. The number of hydrogen-bond donors (Lipinski definition) is 2. The Morgan fingerprint density at radius 3 is 2.54 bits per heavy atom. The highest BCUT2D eigenvalue weighted by atomic mass is 16.5. The van der Waals surface area contributed by atoms with Gasteiger partial charge in [0.2, 0.25) is 5.91 Å². The molecule has 0 aliphatic rings. The quantitative estimate of drug-likeness (QED) is 0.777. The summed E-state index contributed by atoms with van der Waals surface area (Å²) in [6.45, 7) is 2.02. The van der Waals surface area contributed by atoms with E-state index >= 15 is 0 Å². The highest BCUT2D eigenvalue weighted by molar-refractivity contribution is 5.82. The van der Waals surface area contributed by atoms with Crippen LogP contribution in [-0.2, 0) is 22.7 Å². The van der Waals surface area contributed by atoms with Crippen molar-refractivity contribution in [3.05, 3.63) is 53.5 Å². The Labute approximate surface area is 152 Å². The molecule has 26 heavy (non-hydrogen) atoms. The number of alkyl carbamates (subject to hydrolysis) is 1. The van der Waals surface area contributed by atoms with E-state index in [1.807, 2.05) is 62.3 Å². The molecular weight excluding hydrogens is 334 g/mol. The Balaban J connectivity index is 1.72. The first-order valence-electron chi connectivity index (χ1n) is 8.17. The van der Waals surface area contributed by atoms with Gasteiger partial charge >= 0.3 is 6.09 Å². The first-order chi connectivity index (χ1) is 12.4. The third kappa shape index (κ3) is 6.39. The van der Waals surface area contributed by atoms with Crippen LogP contribution < -0.4 is 15.5 Å². The van der Waals surface area contributed by atoms with Crippen LogP contribution in [0.5, 0.6) is 0 Å². The van der Waals surface area contributed by atoms with E-state index in [1.54, 1.807) is 0 Å². The van der Waals surface area contributed by atoms with Gasteiger partial charge < -0.3 is 20.3 Å². The van der Waals surface area contributed by atoms with E-state index in [4.69, 9.17) is 4.74 Å². The summed E-state index contributed by atoms with van der Waals surface area (Å²) in [6, 6.07) is 11.2. The Hall–Kier alpha value is -3.16. The zero-order chi connectivity index (χ0) is 18.9. The lowest BCUT2D eigenvalue weighted by molar-refractivity contribution is -0.120. The van der Waals surface area contributed by atoms with Crippen molar-refractivity contribution in [3.8, 4) is 0 Å². The molecule has 1 aromatic heterocycles. The number of rotatable bonds is 7. The minimum Gasteiger partial charge on any atom is -0.445 e. The van der Waals surface area contributed by atoms with Crippen molar-refractivity contribution in [3.63, 3.8) is 0 Å². The molecule has 1 heterocycles. The Kier molecular flexibility index (Phi) is 6.90. The van der Waals surface area contributed by atoms with Crippen LogP contribution in [0.15, 0.2) is 36.4 Å². The highest BCUT2D eigenvalue weighted by Crippen LogP contribution is 2.08. The smallest absolute Gasteiger partial charge is 0.407 e. The van der Waals surface area contributed by atoms with Crippen molar-refractivity contribution >= 4 is 17.8 Å². The molecule has 0 bridgehead atoms. The first kappa shape index (κ1) is 19.2. The Bertz CT molecular complexity index is 750. The van der Waals surface area contributed by atoms with E-state index in [0.717, 1.165) is 17.1 Å². The molecule has 0 radical (unpaired) electrons. The minimum absolute atomic E-state index is 0.152.